The fourth-order valence-corrected chi connectivity index (χ4v) is 3.91. The van der Waals surface area contributed by atoms with Crippen LogP contribution < -0.4 is 5.56 Å². The zero-order chi connectivity index (χ0) is 19.3. The van der Waals surface area contributed by atoms with E-state index < -0.39 is 5.60 Å². The number of rotatable bonds is 3. The monoisotopic (exact) mass is 368 g/mol. The quantitative estimate of drug-likeness (QED) is 0.564. The fraction of sp³-hybridized carbons (Fsp3) is 0.0870. The van der Waals surface area contributed by atoms with Gasteiger partial charge in [-0.15, -0.1) is 0 Å². The number of carbonyl (C=O) groups excluding carboxylic acids is 1. The minimum Gasteiger partial charge on any atom is -0.377 e. The van der Waals surface area contributed by atoms with Gasteiger partial charge in [0.2, 0.25) is 0 Å². The van der Waals surface area contributed by atoms with Crippen molar-refractivity contribution in [3.63, 3.8) is 0 Å². The maximum atomic E-state index is 13.2. The average molecular weight is 368 g/mol. The summed E-state index contributed by atoms with van der Waals surface area (Å²) in [6.07, 6.45) is -0.196. The van der Waals surface area contributed by atoms with Gasteiger partial charge in [-0.2, -0.15) is 0 Å². The smallest absolute Gasteiger partial charge is 0.266 e. The summed E-state index contributed by atoms with van der Waals surface area (Å²) in [5, 5.41) is 12.1. The molecule has 5 heteroatoms. The van der Waals surface area contributed by atoms with Crippen LogP contribution in [0.25, 0.3) is 16.6 Å². The lowest BCUT2D eigenvalue weighted by Crippen LogP contribution is -2.32. The molecule has 1 aromatic heterocycles. The molecule has 5 rings (SSSR count). The van der Waals surface area contributed by atoms with Crippen molar-refractivity contribution in [1.82, 2.24) is 9.55 Å². The second-order valence-corrected chi connectivity index (χ2v) is 6.94. The summed E-state index contributed by atoms with van der Waals surface area (Å²) in [6, 6.07) is 22.9. The summed E-state index contributed by atoms with van der Waals surface area (Å²) in [6.45, 7) is 0. The predicted octanol–water partition coefficient (Wildman–Crippen LogP) is 3.21. The fourth-order valence-electron chi connectivity index (χ4n) is 3.91. The molecule has 1 unspecified atom stereocenters. The molecule has 2 heterocycles. The van der Waals surface area contributed by atoms with Crippen LogP contribution in [-0.2, 0) is 5.60 Å². The molecule has 0 radical (unpaired) electrons. The van der Waals surface area contributed by atoms with Crippen molar-refractivity contribution in [3.05, 3.63) is 106 Å². The number of aliphatic hydroxyl groups is 1. The molecule has 3 aromatic carbocycles. The molecule has 4 aromatic rings. The van der Waals surface area contributed by atoms with E-state index in [1.54, 1.807) is 72.8 Å². The largest absolute Gasteiger partial charge is 0.377 e. The van der Waals surface area contributed by atoms with E-state index in [9.17, 15) is 14.7 Å². The van der Waals surface area contributed by atoms with Gasteiger partial charge in [0.05, 0.1) is 23.0 Å². The number of aromatic nitrogens is 2. The zero-order valence-electron chi connectivity index (χ0n) is 14.9. The van der Waals surface area contributed by atoms with Crippen molar-refractivity contribution < 1.29 is 9.90 Å². The second kappa shape index (κ2) is 5.97. The predicted molar refractivity (Wildman–Crippen MR) is 106 cm³/mol. The third-order valence-corrected chi connectivity index (χ3v) is 5.25. The molecule has 0 amide bonds. The van der Waals surface area contributed by atoms with Crippen LogP contribution >= 0.6 is 0 Å². The molecule has 1 aliphatic heterocycles. The Morgan fingerprint density at radius 1 is 0.929 bits per heavy atom. The topological polar surface area (TPSA) is 72.2 Å². The van der Waals surface area contributed by atoms with Crippen molar-refractivity contribution in [2.24, 2.45) is 0 Å². The Morgan fingerprint density at radius 2 is 1.61 bits per heavy atom. The summed E-state index contributed by atoms with van der Waals surface area (Å²) in [7, 11) is 0. The molecular formula is C23H16N2O3. The van der Waals surface area contributed by atoms with Crippen molar-refractivity contribution in [3.8, 4) is 5.69 Å². The lowest BCUT2D eigenvalue weighted by Gasteiger charge is -2.23. The summed E-state index contributed by atoms with van der Waals surface area (Å²) >= 11 is 0. The minimum atomic E-state index is -1.67. The molecule has 1 N–H and O–H groups in total. The molecular weight excluding hydrogens is 352 g/mol. The molecule has 136 valence electrons. The Hall–Kier alpha value is -3.57. The van der Waals surface area contributed by atoms with E-state index in [4.69, 9.17) is 0 Å². The SMILES string of the molecule is O=C(CC1(O)c2ccccc2-n2c1nc1ccccc1c2=O)c1ccccc1. The first-order valence-corrected chi connectivity index (χ1v) is 9.02. The van der Waals surface area contributed by atoms with Gasteiger partial charge in [-0.1, -0.05) is 60.7 Å². The second-order valence-electron chi connectivity index (χ2n) is 6.94. The standard InChI is InChI=1S/C23H16N2O3/c26-20(15-8-2-1-3-9-15)14-23(28)17-11-5-7-13-19(17)25-21(27)16-10-4-6-12-18(16)24-22(23)25/h1-13,28H,14H2. The number of hydrogen-bond donors (Lipinski definition) is 1. The third-order valence-electron chi connectivity index (χ3n) is 5.25. The number of hydrogen-bond acceptors (Lipinski definition) is 4. The molecule has 0 saturated carbocycles. The molecule has 1 atom stereocenters. The Balaban J connectivity index is 1.76. The highest BCUT2D eigenvalue weighted by Gasteiger charge is 2.46. The maximum Gasteiger partial charge on any atom is 0.266 e. The van der Waals surface area contributed by atoms with E-state index in [1.165, 1.54) is 4.57 Å². The third kappa shape index (κ3) is 2.27. The highest BCUT2D eigenvalue weighted by Crippen LogP contribution is 2.42. The first kappa shape index (κ1) is 16.6. The highest BCUT2D eigenvalue weighted by molar-refractivity contribution is 5.97. The van der Waals surface area contributed by atoms with Gasteiger partial charge in [0.1, 0.15) is 0 Å². The molecule has 1 aliphatic rings. The van der Waals surface area contributed by atoms with Crippen LogP contribution in [0.4, 0.5) is 0 Å². The van der Waals surface area contributed by atoms with Gasteiger partial charge in [-0.25, -0.2) is 4.98 Å². The van der Waals surface area contributed by atoms with Gasteiger partial charge >= 0.3 is 0 Å². The van der Waals surface area contributed by atoms with Crippen LogP contribution in [0.2, 0.25) is 0 Å². The summed E-state index contributed by atoms with van der Waals surface area (Å²) in [4.78, 5) is 30.6. The number of fused-ring (bicyclic) bond motifs is 4. The van der Waals surface area contributed by atoms with E-state index in [1.807, 2.05) is 6.07 Å². The number of ketones is 1. The number of carbonyl (C=O) groups is 1. The molecule has 5 nitrogen and oxygen atoms in total. The summed E-state index contributed by atoms with van der Waals surface area (Å²) < 4.78 is 1.43. The Morgan fingerprint density at radius 3 is 2.43 bits per heavy atom. The van der Waals surface area contributed by atoms with Crippen LogP contribution in [0, 0.1) is 0 Å². The lowest BCUT2D eigenvalue weighted by atomic mass is 9.87. The Labute approximate surface area is 160 Å². The Kier molecular flexibility index (Phi) is 3.54. The van der Waals surface area contributed by atoms with Gasteiger partial charge in [0, 0.05) is 11.1 Å². The van der Waals surface area contributed by atoms with Gasteiger partial charge < -0.3 is 5.11 Å². The van der Waals surface area contributed by atoms with Gasteiger partial charge in [0.25, 0.3) is 5.56 Å². The lowest BCUT2D eigenvalue weighted by molar-refractivity contribution is 0.0562. The first-order chi connectivity index (χ1) is 13.6. The number of benzene rings is 3. The van der Waals surface area contributed by atoms with Crippen LogP contribution in [0.1, 0.15) is 28.2 Å². The van der Waals surface area contributed by atoms with Gasteiger partial charge in [0.15, 0.2) is 17.2 Å². The maximum absolute atomic E-state index is 13.2. The number of nitrogens with zero attached hydrogens (tertiary/aromatic N) is 2. The molecule has 0 fully saturated rings. The number of Topliss-reactive ketones (excluding diaryl/α,β-unsaturated/α-hetero) is 1. The van der Waals surface area contributed by atoms with Crippen LogP contribution in [0.5, 0.6) is 0 Å². The molecule has 0 saturated heterocycles. The van der Waals surface area contributed by atoms with Crippen LogP contribution in [0.15, 0.2) is 83.7 Å². The number of para-hydroxylation sites is 2. The van der Waals surface area contributed by atoms with Crippen molar-refractivity contribution in [2.45, 2.75) is 12.0 Å². The first-order valence-electron chi connectivity index (χ1n) is 9.02. The molecule has 0 spiro atoms. The van der Waals surface area contributed by atoms with Crippen molar-refractivity contribution >= 4 is 16.7 Å². The zero-order valence-corrected chi connectivity index (χ0v) is 14.9. The van der Waals surface area contributed by atoms with E-state index in [0.717, 1.165) is 0 Å². The minimum absolute atomic E-state index is 0.182. The van der Waals surface area contributed by atoms with E-state index in [0.29, 0.717) is 27.7 Å². The van der Waals surface area contributed by atoms with E-state index in [2.05, 4.69) is 4.98 Å². The molecule has 0 aliphatic carbocycles. The van der Waals surface area contributed by atoms with Crippen LogP contribution in [0.3, 0.4) is 0 Å². The van der Waals surface area contributed by atoms with Gasteiger partial charge in [-0.3, -0.25) is 14.2 Å². The molecule has 28 heavy (non-hydrogen) atoms. The Bertz CT molecular complexity index is 1290. The normalized spacial score (nSPS) is 17.3. The highest BCUT2D eigenvalue weighted by atomic mass is 16.3. The van der Waals surface area contributed by atoms with Crippen LogP contribution in [-0.4, -0.2) is 20.4 Å². The van der Waals surface area contributed by atoms with Crippen molar-refractivity contribution in [2.75, 3.05) is 0 Å². The average Bonchev–Trinajstić information content (AvgIpc) is 2.98. The molecule has 0 bridgehead atoms. The van der Waals surface area contributed by atoms with Gasteiger partial charge in [-0.05, 0) is 18.2 Å². The van der Waals surface area contributed by atoms with E-state index >= 15 is 0 Å². The summed E-state index contributed by atoms with van der Waals surface area (Å²) in [5.41, 5.74) is 0.152. The van der Waals surface area contributed by atoms with Crippen molar-refractivity contribution in [1.29, 1.82) is 0 Å². The van der Waals surface area contributed by atoms with E-state index in [-0.39, 0.29) is 23.6 Å². The summed E-state index contributed by atoms with van der Waals surface area (Å²) in [5.74, 6) is -0.0320.